The van der Waals surface area contributed by atoms with Crippen LogP contribution in [0.4, 0.5) is 0 Å². The number of nitrogens with zero attached hydrogens (tertiary/aromatic N) is 3. The average Bonchev–Trinajstić information content (AvgIpc) is 2.88. The lowest BCUT2D eigenvalue weighted by molar-refractivity contribution is -0.145. The molecule has 0 spiro atoms. The van der Waals surface area contributed by atoms with E-state index in [9.17, 15) is 9.59 Å². The average molecular weight is 478 g/mol. The second-order valence-corrected chi connectivity index (χ2v) is 8.42. The topological polar surface area (TPSA) is 92.0 Å². The first kappa shape index (κ1) is 24.4. The smallest absolute Gasteiger partial charge is 0.344 e. The van der Waals surface area contributed by atoms with E-state index in [1.54, 1.807) is 37.4 Å². The van der Waals surface area contributed by atoms with Gasteiger partial charge in [-0.15, -0.1) is 0 Å². The van der Waals surface area contributed by atoms with Gasteiger partial charge in [-0.2, -0.15) is 9.78 Å². The second-order valence-electron chi connectivity index (χ2n) is 8.42. The van der Waals surface area contributed by atoms with Gasteiger partial charge in [0.15, 0.2) is 18.1 Å². The fraction of sp³-hybridized carbons (Fsp3) is 0.407. The van der Waals surface area contributed by atoms with Crippen molar-refractivity contribution in [2.75, 3.05) is 19.8 Å². The summed E-state index contributed by atoms with van der Waals surface area (Å²) in [6, 6.07) is 12.7. The molecule has 35 heavy (non-hydrogen) atoms. The molecule has 2 aromatic carbocycles. The fourth-order valence-electron chi connectivity index (χ4n) is 4.33. The van der Waals surface area contributed by atoms with Gasteiger partial charge in [0.2, 0.25) is 0 Å². The number of hydrogen-bond acceptors (Lipinski definition) is 7. The molecule has 0 unspecified atom stereocenters. The number of benzene rings is 2. The van der Waals surface area contributed by atoms with Gasteiger partial charge >= 0.3 is 5.97 Å². The molecule has 1 fully saturated rings. The summed E-state index contributed by atoms with van der Waals surface area (Å²) in [5, 5.41) is 5.12. The Morgan fingerprint density at radius 1 is 1.06 bits per heavy atom. The van der Waals surface area contributed by atoms with Gasteiger partial charge in [0.1, 0.15) is 5.82 Å². The molecular formula is C27H31N3O5. The van der Waals surface area contributed by atoms with Crippen LogP contribution >= 0.6 is 0 Å². The third-order valence-electron chi connectivity index (χ3n) is 5.99. The molecule has 0 saturated heterocycles. The third-order valence-corrected chi connectivity index (χ3v) is 5.99. The predicted octanol–water partition coefficient (Wildman–Crippen LogP) is 4.67. The summed E-state index contributed by atoms with van der Waals surface area (Å²) in [7, 11) is 0. The van der Waals surface area contributed by atoms with E-state index < -0.39 is 5.97 Å². The summed E-state index contributed by atoms with van der Waals surface area (Å²) in [6.45, 7) is 4.13. The van der Waals surface area contributed by atoms with E-state index in [1.165, 1.54) is 11.1 Å². The van der Waals surface area contributed by atoms with Crippen molar-refractivity contribution < 1.29 is 19.0 Å². The van der Waals surface area contributed by atoms with E-state index in [4.69, 9.17) is 19.2 Å². The van der Waals surface area contributed by atoms with Crippen LogP contribution in [0.2, 0.25) is 0 Å². The highest BCUT2D eigenvalue weighted by atomic mass is 16.6. The zero-order valence-corrected chi connectivity index (χ0v) is 20.2. The van der Waals surface area contributed by atoms with Crippen LogP contribution in [0.5, 0.6) is 11.5 Å². The van der Waals surface area contributed by atoms with Crippen LogP contribution in [-0.4, -0.2) is 41.7 Å². The van der Waals surface area contributed by atoms with Crippen molar-refractivity contribution in [3.8, 4) is 11.5 Å². The van der Waals surface area contributed by atoms with Crippen LogP contribution in [0, 0.1) is 0 Å². The molecule has 3 aromatic rings. The van der Waals surface area contributed by atoms with Gasteiger partial charge in [-0.25, -0.2) is 9.78 Å². The summed E-state index contributed by atoms with van der Waals surface area (Å²) in [6.07, 6.45) is 7.09. The summed E-state index contributed by atoms with van der Waals surface area (Å²) in [5.74, 6) is 1.39. The number of esters is 1. The van der Waals surface area contributed by atoms with E-state index in [2.05, 4.69) is 5.10 Å². The number of aromatic nitrogens is 2. The van der Waals surface area contributed by atoms with E-state index in [0.29, 0.717) is 41.4 Å². The number of carbonyl (C=O) groups is 1. The molecule has 1 aromatic heterocycles. The highest BCUT2D eigenvalue weighted by molar-refractivity contribution is 5.81. The molecule has 1 saturated carbocycles. The summed E-state index contributed by atoms with van der Waals surface area (Å²) in [4.78, 5) is 29.9. The zero-order chi connectivity index (χ0) is 24.6. The first-order valence-corrected chi connectivity index (χ1v) is 12.2. The van der Waals surface area contributed by atoms with Gasteiger partial charge in [0.05, 0.1) is 30.3 Å². The van der Waals surface area contributed by atoms with Gasteiger partial charge in [-0.05, 0) is 62.6 Å². The Bertz CT molecular complexity index is 1260. The lowest BCUT2D eigenvalue weighted by atomic mass is 9.88. The SMILES string of the molecule is CCOC(=O)COc1ccc(C=Nn2c(C3CCCCC3)nc3ccccc3c2=O)cc1OCC. The lowest BCUT2D eigenvalue weighted by Crippen LogP contribution is -2.25. The van der Waals surface area contributed by atoms with Crippen molar-refractivity contribution in [2.24, 2.45) is 5.10 Å². The van der Waals surface area contributed by atoms with Crippen molar-refractivity contribution in [1.29, 1.82) is 0 Å². The monoisotopic (exact) mass is 477 g/mol. The predicted molar refractivity (Wildman–Crippen MR) is 135 cm³/mol. The molecule has 0 atom stereocenters. The van der Waals surface area contributed by atoms with E-state index in [0.717, 1.165) is 31.2 Å². The van der Waals surface area contributed by atoms with Crippen molar-refractivity contribution >= 4 is 23.1 Å². The van der Waals surface area contributed by atoms with Crippen LogP contribution in [0.1, 0.15) is 63.3 Å². The van der Waals surface area contributed by atoms with E-state index >= 15 is 0 Å². The van der Waals surface area contributed by atoms with Crippen molar-refractivity contribution in [3.05, 3.63) is 64.2 Å². The Balaban J connectivity index is 1.66. The Kier molecular flexibility index (Phi) is 8.13. The van der Waals surface area contributed by atoms with Crippen LogP contribution < -0.4 is 15.0 Å². The summed E-state index contributed by atoms with van der Waals surface area (Å²) in [5.41, 5.74) is 1.25. The van der Waals surface area contributed by atoms with Gasteiger partial charge in [-0.1, -0.05) is 31.4 Å². The Morgan fingerprint density at radius 2 is 1.86 bits per heavy atom. The highest BCUT2D eigenvalue weighted by Gasteiger charge is 2.22. The molecule has 1 aliphatic carbocycles. The largest absolute Gasteiger partial charge is 0.490 e. The molecule has 1 aliphatic rings. The molecule has 1 heterocycles. The maximum Gasteiger partial charge on any atom is 0.344 e. The molecule has 184 valence electrons. The first-order valence-electron chi connectivity index (χ1n) is 12.2. The number of ether oxygens (including phenoxy) is 3. The van der Waals surface area contributed by atoms with Gasteiger partial charge in [0, 0.05) is 5.92 Å². The molecule has 0 radical (unpaired) electrons. The summed E-state index contributed by atoms with van der Waals surface area (Å²) >= 11 is 0. The number of para-hydroxylation sites is 1. The maximum atomic E-state index is 13.4. The second kappa shape index (κ2) is 11.6. The van der Waals surface area contributed by atoms with Gasteiger partial charge in [-0.3, -0.25) is 4.79 Å². The minimum absolute atomic E-state index is 0.174. The van der Waals surface area contributed by atoms with Gasteiger partial charge < -0.3 is 14.2 Å². The minimum Gasteiger partial charge on any atom is -0.490 e. The normalized spacial score (nSPS) is 14.3. The van der Waals surface area contributed by atoms with Crippen molar-refractivity contribution in [2.45, 2.75) is 51.9 Å². The summed E-state index contributed by atoms with van der Waals surface area (Å²) < 4.78 is 17.6. The lowest BCUT2D eigenvalue weighted by Gasteiger charge is -2.22. The molecular weight excluding hydrogens is 446 g/mol. The number of fused-ring (bicyclic) bond motifs is 1. The Morgan fingerprint density at radius 3 is 2.63 bits per heavy atom. The zero-order valence-electron chi connectivity index (χ0n) is 20.2. The van der Waals surface area contributed by atoms with Crippen LogP contribution in [0.25, 0.3) is 10.9 Å². The molecule has 0 aliphatic heterocycles. The third kappa shape index (κ3) is 5.88. The Labute approximate surface area is 204 Å². The number of rotatable bonds is 9. The standard InChI is InChI=1S/C27H31N3O5/c1-3-33-24-16-19(14-15-23(24)35-18-25(31)34-4-2)17-28-30-26(20-10-6-5-7-11-20)29-22-13-9-8-12-21(22)27(30)32/h8-9,12-17,20H,3-7,10-11,18H2,1-2H3. The maximum absolute atomic E-state index is 13.4. The molecule has 0 N–H and O–H groups in total. The van der Waals surface area contributed by atoms with Crippen LogP contribution in [0.3, 0.4) is 0 Å². The van der Waals surface area contributed by atoms with Crippen molar-refractivity contribution in [1.82, 2.24) is 9.66 Å². The van der Waals surface area contributed by atoms with Crippen LogP contribution in [0.15, 0.2) is 52.4 Å². The fourth-order valence-corrected chi connectivity index (χ4v) is 4.33. The first-order chi connectivity index (χ1) is 17.1. The molecule has 8 nitrogen and oxygen atoms in total. The minimum atomic E-state index is -0.445. The number of hydrogen-bond donors (Lipinski definition) is 0. The van der Waals surface area contributed by atoms with Gasteiger partial charge in [0.25, 0.3) is 5.56 Å². The van der Waals surface area contributed by atoms with Crippen LogP contribution in [-0.2, 0) is 9.53 Å². The molecule has 8 heteroatoms. The van der Waals surface area contributed by atoms with Crippen molar-refractivity contribution in [3.63, 3.8) is 0 Å². The highest BCUT2D eigenvalue weighted by Crippen LogP contribution is 2.32. The molecule has 0 amide bonds. The quantitative estimate of drug-likeness (QED) is 0.329. The van der Waals surface area contributed by atoms with E-state index in [1.807, 2.05) is 25.1 Å². The number of carbonyl (C=O) groups excluding carboxylic acids is 1. The van der Waals surface area contributed by atoms with E-state index in [-0.39, 0.29) is 18.1 Å². The molecule has 4 rings (SSSR count). The molecule has 0 bridgehead atoms. The Hall–Kier alpha value is -3.68.